The summed E-state index contributed by atoms with van der Waals surface area (Å²) in [7, 11) is 3.48. The van der Waals surface area contributed by atoms with Crippen molar-refractivity contribution in [1.29, 1.82) is 0 Å². The highest BCUT2D eigenvalue weighted by molar-refractivity contribution is 5.85. The summed E-state index contributed by atoms with van der Waals surface area (Å²) in [4.78, 5) is 18.0. The number of likely N-dealkylation sites (N-methyl/N-ethyl adjacent to an activating group) is 1. The first-order valence-electron chi connectivity index (χ1n) is 9.20. The van der Waals surface area contributed by atoms with Gasteiger partial charge in [0.1, 0.15) is 12.3 Å². The summed E-state index contributed by atoms with van der Waals surface area (Å²) < 4.78 is 11.2. The number of carbonyl (C=O) groups excluding carboxylic acids is 1. The largest absolute Gasteiger partial charge is 0.493 e. The summed E-state index contributed by atoms with van der Waals surface area (Å²) in [6.07, 6.45) is 2.73. The Morgan fingerprint density at radius 2 is 1.92 bits per heavy atom. The molecule has 1 aromatic carbocycles. The molecule has 2 aliphatic rings. The van der Waals surface area contributed by atoms with Gasteiger partial charge in [-0.2, -0.15) is 0 Å². The Kier molecular flexibility index (Phi) is 6.33. The number of rotatable bonds is 4. The topological polar surface area (TPSA) is 75.2 Å². The number of nitrogens with one attached hydrogen (secondary N) is 2. The van der Waals surface area contributed by atoms with Gasteiger partial charge in [-0.25, -0.2) is 4.99 Å². The van der Waals surface area contributed by atoms with E-state index < -0.39 is 0 Å². The van der Waals surface area contributed by atoms with Crippen LogP contribution in [0.5, 0.6) is 5.75 Å². The number of benzene rings is 1. The van der Waals surface area contributed by atoms with Crippen LogP contribution in [0.3, 0.4) is 0 Å². The molecule has 0 saturated carbocycles. The summed E-state index contributed by atoms with van der Waals surface area (Å²) in [5, 5.41) is 6.98. The molecular weight excluding hydrogens is 332 g/mol. The van der Waals surface area contributed by atoms with E-state index in [0.29, 0.717) is 18.6 Å². The van der Waals surface area contributed by atoms with Crippen LogP contribution in [0.2, 0.25) is 0 Å². The zero-order valence-electron chi connectivity index (χ0n) is 15.5. The smallest absolute Gasteiger partial charge is 0.243 e. The quantitative estimate of drug-likeness (QED) is 0.626. The summed E-state index contributed by atoms with van der Waals surface area (Å²) in [6, 6.07) is 8.47. The molecule has 2 aliphatic heterocycles. The molecule has 0 bridgehead atoms. The summed E-state index contributed by atoms with van der Waals surface area (Å²) in [5.74, 6) is 1.56. The second kappa shape index (κ2) is 8.89. The molecular formula is C19H28N4O3. The minimum absolute atomic E-state index is 0.0227. The van der Waals surface area contributed by atoms with Gasteiger partial charge in [0.2, 0.25) is 5.91 Å². The lowest BCUT2D eigenvalue weighted by Crippen LogP contribution is -2.47. The van der Waals surface area contributed by atoms with Crippen molar-refractivity contribution in [1.82, 2.24) is 15.5 Å². The summed E-state index contributed by atoms with van der Waals surface area (Å²) in [6.45, 7) is 2.29. The average molecular weight is 360 g/mol. The first-order valence-corrected chi connectivity index (χ1v) is 9.20. The number of para-hydroxylation sites is 1. The Labute approximate surface area is 154 Å². The first-order chi connectivity index (χ1) is 12.6. The fourth-order valence-corrected chi connectivity index (χ4v) is 3.11. The third kappa shape index (κ3) is 4.88. The van der Waals surface area contributed by atoms with Crippen molar-refractivity contribution >= 4 is 11.9 Å². The van der Waals surface area contributed by atoms with Crippen LogP contribution >= 0.6 is 0 Å². The van der Waals surface area contributed by atoms with E-state index in [0.717, 1.165) is 43.8 Å². The van der Waals surface area contributed by atoms with Crippen molar-refractivity contribution in [3.63, 3.8) is 0 Å². The number of guanidine groups is 1. The molecule has 1 aromatic rings. The lowest BCUT2D eigenvalue weighted by Gasteiger charge is -2.30. The van der Waals surface area contributed by atoms with Gasteiger partial charge < -0.3 is 25.0 Å². The molecule has 0 aliphatic carbocycles. The molecule has 0 aromatic heterocycles. The Balaban J connectivity index is 1.72. The zero-order chi connectivity index (χ0) is 18.4. The van der Waals surface area contributed by atoms with Gasteiger partial charge in [0.05, 0.1) is 12.6 Å². The van der Waals surface area contributed by atoms with Crippen molar-refractivity contribution in [2.75, 3.05) is 40.5 Å². The number of amides is 1. The molecule has 142 valence electrons. The minimum atomic E-state index is -0.0227. The van der Waals surface area contributed by atoms with Crippen LogP contribution in [0.15, 0.2) is 29.3 Å². The molecule has 1 fully saturated rings. The van der Waals surface area contributed by atoms with Crippen LogP contribution in [0.25, 0.3) is 0 Å². The molecule has 7 heteroatoms. The Hall–Kier alpha value is -2.28. The Morgan fingerprint density at radius 3 is 2.69 bits per heavy atom. The highest BCUT2D eigenvalue weighted by atomic mass is 16.5. The molecule has 26 heavy (non-hydrogen) atoms. The number of aliphatic imine (C=N–C) groups is 1. The molecule has 1 unspecified atom stereocenters. The molecule has 7 nitrogen and oxygen atoms in total. The van der Waals surface area contributed by atoms with E-state index in [1.807, 2.05) is 18.2 Å². The van der Waals surface area contributed by atoms with Gasteiger partial charge in [0.25, 0.3) is 0 Å². The lowest BCUT2D eigenvalue weighted by atomic mass is 10.0. The number of hydrogen-bond acceptors (Lipinski definition) is 4. The van der Waals surface area contributed by atoms with Crippen LogP contribution in [0, 0.1) is 0 Å². The molecule has 1 amide bonds. The minimum Gasteiger partial charge on any atom is -0.493 e. The van der Waals surface area contributed by atoms with E-state index >= 15 is 0 Å². The second-order valence-corrected chi connectivity index (χ2v) is 6.86. The number of fused-ring (bicyclic) bond motifs is 1. The fourth-order valence-electron chi connectivity index (χ4n) is 3.11. The Bertz CT molecular complexity index is 641. The van der Waals surface area contributed by atoms with E-state index in [9.17, 15) is 4.79 Å². The van der Waals surface area contributed by atoms with Gasteiger partial charge in [-0.05, 0) is 18.9 Å². The predicted molar refractivity (Wildman–Crippen MR) is 100 cm³/mol. The predicted octanol–water partition coefficient (Wildman–Crippen LogP) is 1.31. The molecule has 2 heterocycles. The highest BCUT2D eigenvalue weighted by Gasteiger charge is 2.23. The number of nitrogens with zero attached hydrogens (tertiary/aromatic N) is 2. The van der Waals surface area contributed by atoms with Gasteiger partial charge in [-0.3, -0.25) is 4.79 Å². The Morgan fingerprint density at radius 1 is 1.15 bits per heavy atom. The van der Waals surface area contributed by atoms with E-state index in [-0.39, 0.29) is 18.5 Å². The third-order valence-electron chi connectivity index (χ3n) is 4.70. The van der Waals surface area contributed by atoms with Crippen LogP contribution in [-0.2, 0) is 9.53 Å². The summed E-state index contributed by atoms with van der Waals surface area (Å²) in [5.41, 5.74) is 1.12. The van der Waals surface area contributed by atoms with Crippen LogP contribution in [-0.4, -0.2) is 63.3 Å². The lowest BCUT2D eigenvalue weighted by molar-refractivity contribution is -0.127. The molecule has 0 radical (unpaired) electrons. The number of carbonyl (C=O) groups is 1. The normalized spacial score (nSPS) is 20.7. The van der Waals surface area contributed by atoms with E-state index in [1.54, 1.807) is 19.0 Å². The second-order valence-electron chi connectivity index (χ2n) is 6.86. The first kappa shape index (κ1) is 18.5. The summed E-state index contributed by atoms with van der Waals surface area (Å²) >= 11 is 0. The third-order valence-corrected chi connectivity index (χ3v) is 4.70. The molecule has 3 rings (SSSR count). The van der Waals surface area contributed by atoms with Gasteiger partial charge in [0.15, 0.2) is 5.96 Å². The van der Waals surface area contributed by atoms with Crippen molar-refractivity contribution in [3.8, 4) is 5.75 Å². The number of ether oxygens (including phenoxy) is 2. The molecule has 2 N–H and O–H groups in total. The van der Waals surface area contributed by atoms with Gasteiger partial charge >= 0.3 is 0 Å². The van der Waals surface area contributed by atoms with Gasteiger partial charge in [-0.1, -0.05) is 18.2 Å². The highest BCUT2D eigenvalue weighted by Crippen LogP contribution is 2.31. The standard InChI is InChI=1S/C19H28N4O3/c1-23(2)18(24)13-20-19(21-14-7-10-25-11-8-14)22-16-9-12-26-17-6-4-3-5-15(16)17/h3-6,14,16H,7-13H2,1-2H3,(H2,20,21,22). The average Bonchev–Trinajstić information content (AvgIpc) is 2.67. The van der Waals surface area contributed by atoms with Crippen molar-refractivity contribution in [2.45, 2.75) is 31.3 Å². The van der Waals surface area contributed by atoms with E-state index in [2.05, 4.69) is 21.7 Å². The van der Waals surface area contributed by atoms with Gasteiger partial charge in [-0.15, -0.1) is 0 Å². The van der Waals surface area contributed by atoms with Crippen molar-refractivity contribution < 1.29 is 14.3 Å². The maximum absolute atomic E-state index is 12.0. The van der Waals surface area contributed by atoms with E-state index in [1.165, 1.54) is 0 Å². The SMILES string of the molecule is CN(C)C(=O)CN=C(NC1CCOCC1)NC1CCOc2ccccc21. The van der Waals surface area contributed by atoms with E-state index in [4.69, 9.17) is 9.47 Å². The van der Waals surface area contributed by atoms with Crippen molar-refractivity contribution in [3.05, 3.63) is 29.8 Å². The molecule has 1 saturated heterocycles. The van der Waals surface area contributed by atoms with Crippen LogP contribution < -0.4 is 15.4 Å². The van der Waals surface area contributed by atoms with Crippen LogP contribution in [0.4, 0.5) is 0 Å². The maximum atomic E-state index is 12.0. The zero-order valence-corrected chi connectivity index (χ0v) is 15.5. The van der Waals surface area contributed by atoms with Crippen LogP contribution in [0.1, 0.15) is 30.9 Å². The number of hydrogen-bond donors (Lipinski definition) is 2. The molecule has 0 spiro atoms. The fraction of sp³-hybridized carbons (Fsp3) is 0.579. The maximum Gasteiger partial charge on any atom is 0.243 e. The van der Waals surface area contributed by atoms with Crippen molar-refractivity contribution in [2.24, 2.45) is 4.99 Å². The monoisotopic (exact) mass is 360 g/mol. The molecule has 1 atom stereocenters. The van der Waals surface area contributed by atoms with Gasteiger partial charge in [0, 0.05) is 45.3 Å².